The van der Waals surface area contributed by atoms with Crippen molar-refractivity contribution in [1.82, 2.24) is 9.78 Å². The summed E-state index contributed by atoms with van der Waals surface area (Å²) < 4.78 is 1.51. The highest BCUT2D eigenvalue weighted by Gasteiger charge is 2.32. The van der Waals surface area contributed by atoms with E-state index >= 15 is 0 Å². The number of hydrogen-bond acceptors (Lipinski definition) is 3. The number of carbonyl (C=O) groups excluding carboxylic acids is 2. The standard InChI is InChI=1S/C23H16N2O3/c1-13(14-7-3-2-4-8-14)25-23(28)18-12-11-17-19(20(18)24-25)22(27)16-10-6-5-9-15(16)21(17)26/h2-13,24H,1H3/t13-/m0/s1. The van der Waals surface area contributed by atoms with Crippen LogP contribution in [-0.4, -0.2) is 21.3 Å². The van der Waals surface area contributed by atoms with E-state index in [1.807, 2.05) is 37.3 Å². The SMILES string of the molecule is C[C@@H](c1ccccc1)n1[nH]c2c3c(ccc2c1=O)C(=O)c1ccccc1C3=O. The summed E-state index contributed by atoms with van der Waals surface area (Å²) in [6.45, 7) is 1.92. The van der Waals surface area contributed by atoms with Gasteiger partial charge in [0.15, 0.2) is 11.6 Å². The molecular weight excluding hydrogens is 352 g/mol. The zero-order valence-electron chi connectivity index (χ0n) is 15.1. The van der Waals surface area contributed by atoms with Crippen LogP contribution in [0, 0.1) is 0 Å². The molecule has 4 aromatic rings. The first-order chi connectivity index (χ1) is 13.6. The first-order valence-electron chi connectivity index (χ1n) is 9.08. The number of fused-ring (bicyclic) bond motifs is 4. The Bertz CT molecular complexity index is 1330. The lowest BCUT2D eigenvalue weighted by Crippen LogP contribution is -2.21. The minimum Gasteiger partial charge on any atom is -0.294 e. The summed E-state index contributed by atoms with van der Waals surface area (Å²) in [6, 6.07) is 19.4. The second kappa shape index (κ2) is 5.89. The van der Waals surface area contributed by atoms with Crippen molar-refractivity contribution < 1.29 is 9.59 Å². The normalized spacial score (nSPS) is 14.0. The van der Waals surface area contributed by atoms with E-state index in [-0.39, 0.29) is 28.7 Å². The van der Waals surface area contributed by atoms with Crippen LogP contribution in [0.25, 0.3) is 10.9 Å². The van der Waals surface area contributed by atoms with Crippen LogP contribution in [0.1, 0.15) is 50.4 Å². The van der Waals surface area contributed by atoms with Gasteiger partial charge in [-0.2, -0.15) is 0 Å². The molecule has 0 saturated heterocycles. The molecule has 1 heterocycles. The second-order valence-electron chi connectivity index (χ2n) is 6.99. The van der Waals surface area contributed by atoms with E-state index in [0.717, 1.165) is 5.56 Å². The monoisotopic (exact) mass is 368 g/mol. The van der Waals surface area contributed by atoms with Gasteiger partial charge in [0.25, 0.3) is 5.56 Å². The number of aromatic amines is 1. The zero-order valence-corrected chi connectivity index (χ0v) is 15.1. The lowest BCUT2D eigenvalue weighted by atomic mass is 9.83. The van der Waals surface area contributed by atoms with E-state index in [4.69, 9.17) is 0 Å². The molecule has 0 amide bonds. The summed E-state index contributed by atoms with van der Waals surface area (Å²) in [5.74, 6) is -0.437. The summed E-state index contributed by atoms with van der Waals surface area (Å²) in [4.78, 5) is 39.0. The molecule has 0 bridgehead atoms. The van der Waals surface area contributed by atoms with E-state index < -0.39 is 0 Å². The summed E-state index contributed by atoms with van der Waals surface area (Å²) in [5.41, 5.74) is 2.55. The number of benzene rings is 3. The predicted octanol–water partition coefficient (Wildman–Crippen LogP) is 3.71. The Balaban J connectivity index is 1.76. The summed E-state index contributed by atoms with van der Waals surface area (Å²) >= 11 is 0. The summed E-state index contributed by atoms with van der Waals surface area (Å²) in [5, 5.41) is 3.51. The van der Waals surface area contributed by atoms with Crippen molar-refractivity contribution in [3.63, 3.8) is 0 Å². The third-order valence-electron chi connectivity index (χ3n) is 5.44. The van der Waals surface area contributed by atoms with Crippen LogP contribution >= 0.6 is 0 Å². The van der Waals surface area contributed by atoms with Gasteiger partial charge in [-0.25, -0.2) is 4.68 Å². The van der Waals surface area contributed by atoms with Gasteiger partial charge in [-0.1, -0.05) is 54.6 Å². The fourth-order valence-electron chi connectivity index (χ4n) is 3.94. The topological polar surface area (TPSA) is 71.9 Å². The van der Waals surface area contributed by atoms with E-state index in [0.29, 0.717) is 27.6 Å². The lowest BCUT2D eigenvalue weighted by Gasteiger charge is -2.17. The highest BCUT2D eigenvalue weighted by molar-refractivity contribution is 6.31. The molecular formula is C23H16N2O3. The van der Waals surface area contributed by atoms with Gasteiger partial charge >= 0.3 is 0 Å². The number of hydrogen-bond donors (Lipinski definition) is 1. The number of ketones is 2. The number of rotatable bonds is 2. The summed E-state index contributed by atoms with van der Waals surface area (Å²) in [6.07, 6.45) is 0. The lowest BCUT2D eigenvalue weighted by molar-refractivity contribution is 0.0980. The van der Waals surface area contributed by atoms with Gasteiger partial charge in [-0.15, -0.1) is 0 Å². The molecule has 0 unspecified atom stereocenters. The third kappa shape index (κ3) is 2.16. The minimum atomic E-state index is -0.239. The van der Waals surface area contributed by atoms with Crippen molar-refractivity contribution in [2.75, 3.05) is 0 Å². The van der Waals surface area contributed by atoms with E-state index in [2.05, 4.69) is 5.10 Å². The fourth-order valence-corrected chi connectivity index (χ4v) is 3.94. The molecule has 3 aromatic carbocycles. The molecule has 5 heteroatoms. The molecule has 136 valence electrons. The molecule has 1 aliphatic carbocycles. The first kappa shape index (κ1) is 16.4. The Hall–Kier alpha value is -3.73. The van der Waals surface area contributed by atoms with Crippen molar-refractivity contribution in [2.45, 2.75) is 13.0 Å². The Morgan fingerprint density at radius 1 is 0.750 bits per heavy atom. The molecule has 0 spiro atoms. The van der Waals surface area contributed by atoms with Crippen LogP contribution in [0.15, 0.2) is 71.5 Å². The van der Waals surface area contributed by atoms with Gasteiger partial charge in [-0.05, 0) is 24.6 Å². The number of carbonyl (C=O) groups is 2. The second-order valence-corrected chi connectivity index (χ2v) is 6.99. The van der Waals surface area contributed by atoms with Crippen molar-refractivity contribution in [2.24, 2.45) is 0 Å². The van der Waals surface area contributed by atoms with Crippen LogP contribution < -0.4 is 5.56 Å². The fraction of sp³-hybridized carbons (Fsp3) is 0.0870. The molecule has 0 saturated carbocycles. The Morgan fingerprint density at radius 3 is 2.11 bits per heavy atom. The zero-order chi connectivity index (χ0) is 19.4. The first-order valence-corrected chi connectivity index (χ1v) is 9.08. The molecule has 0 aliphatic heterocycles. The van der Waals surface area contributed by atoms with Gasteiger partial charge in [-0.3, -0.25) is 19.5 Å². The average Bonchev–Trinajstić information content (AvgIpc) is 3.08. The highest BCUT2D eigenvalue weighted by Crippen LogP contribution is 2.31. The van der Waals surface area contributed by atoms with E-state index in [1.54, 1.807) is 36.4 Å². The molecule has 5 rings (SSSR count). The highest BCUT2D eigenvalue weighted by atomic mass is 16.1. The van der Waals surface area contributed by atoms with Crippen molar-refractivity contribution in [3.05, 3.63) is 105 Å². The Labute approximate surface area is 160 Å². The molecule has 0 fully saturated rings. The minimum absolute atomic E-state index is 0.197. The van der Waals surface area contributed by atoms with Crippen LogP contribution in [-0.2, 0) is 0 Å². The van der Waals surface area contributed by atoms with E-state index in [9.17, 15) is 14.4 Å². The number of H-pyrrole nitrogens is 1. The number of aromatic nitrogens is 2. The number of nitrogens with one attached hydrogen (secondary N) is 1. The molecule has 0 radical (unpaired) electrons. The smallest absolute Gasteiger partial charge is 0.274 e. The average molecular weight is 368 g/mol. The molecule has 28 heavy (non-hydrogen) atoms. The molecule has 1 aliphatic rings. The summed E-state index contributed by atoms with van der Waals surface area (Å²) in [7, 11) is 0. The third-order valence-corrected chi connectivity index (χ3v) is 5.44. The molecule has 1 N–H and O–H groups in total. The van der Waals surface area contributed by atoms with Crippen molar-refractivity contribution >= 4 is 22.5 Å². The molecule has 1 aromatic heterocycles. The Kier molecular flexibility index (Phi) is 3.46. The maximum Gasteiger partial charge on any atom is 0.274 e. The molecule has 5 nitrogen and oxygen atoms in total. The van der Waals surface area contributed by atoms with Crippen LogP contribution in [0.4, 0.5) is 0 Å². The largest absolute Gasteiger partial charge is 0.294 e. The van der Waals surface area contributed by atoms with Gasteiger partial charge in [0.1, 0.15) is 0 Å². The number of nitrogens with zero attached hydrogens (tertiary/aromatic N) is 1. The van der Waals surface area contributed by atoms with Crippen molar-refractivity contribution in [1.29, 1.82) is 0 Å². The Morgan fingerprint density at radius 2 is 1.39 bits per heavy atom. The maximum atomic E-state index is 13.1. The van der Waals surface area contributed by atoms with Crippen LogP contribution in [0.5, 0.6) is 0 Å². The quantitative estimate of drug-likeness (QED) is 0.516. The van der Waals surface area contributed by atoms with Gasteiger partial charge in [0, 0.05) is 16.7 Å². The predicted molar refractivity (Wildman–Crippen MR) is 106 cm³/mol. The van der Waals surface area contributed by atoms with Crippen LogP contribution in [0.3, 0.4) is 0 Å². The van der Waals surface area contributed by atoms with Gasteiger partial charge in [0.05, 0.1) is 22.5 Å². The van der Waals surface area contributed by atoms with E-state index in [1.165, 1.54) is 4.68 Å². The van der Waals surface area contributed by atoms with Crippen LogP contribution in [0.2, 0.25) is 0 Å². The molecule has 1 atom stereocenters. The maximum absolute atomic E-state index is 13.1. The van der Waals surface area contributed by atoms with Gasteiger partial charge in [0.2, 0.25) is 0 Å². The van der Waals surface area contributed by atoms with Gasteiger partial charge < -0.3 is 0 Å². The van der Waals surface area contributed by atoms with Crippen molar-refractivity contribution in [3.8, 4) is 0 Å².